The van der Waals surface area contributed by atoms with Crippen molar-refractivity contribution in [2.24, 2.45) is 0 Å². The zero-order valence-corrected chi connectivity index (χ0v) is 39.3. The van der Waals surface area contributed by atoms with Crippen LogP contribution in [-0.4, -0.2) is 141 Å². The number of likely N-dealkylation sites (tertiary alicyclic amines) is 1. The number of rotatable bonds is 11. The Morgan fingerprint density at radius 3 is 2.44 bits per heavy atom. The second kappa shape index (κ2) is 18.1. The van der Waals surface area contributed by atoms with Crippen molar-refractivity contribution in [2.75, 3.05) is 71.5 Å². The summed E-state index contributed by atoms with van der Waals surface area (Å²) in [6, 6.07) is 22.4. The van der Waals surface area contributed by atoms with Crippen molar-refractivity contribution in [3.63, 3.8) is 0 Å². The van der Waals surface area contributed by atoms with Crippen molar-refractivity contribution >= 4 is 33.4 Å². The summed E-state index contributed by atoms with van der Waals surface area (Å²) in [6.07, 6.45) is 4.88. The van der Waals surface area contributed by atoms with E-state index >= 15 is 4.39 Å². The molecule has 5 aliphatic rings. The fraction of sp³-hybridized carbons (Fsp3) is 0.434. The molecule has 7 heterocycles. The van der Waals surface area contributed by atoms with Crippen LogP contribution in [0.2, 0.25) is 0 Å². The van der Waals surface area contributed by atoms with Gasteiger partial charge in [-0.25, -0.2) is 4.39 Å². The number of hydrogen-bond acceptors (Lipinski definition) is 13. The van der Waals surface area contributed by atoms with Crippen molar-refractivity contribution in [3.8, 4) is 34.5 Å². The number of fused-ring (bicyclic) bond motifs is 5. The molecule has 2 unspecified atom stereocenters. The molecule has 0 saturated carbocycles. The third-order valence-electron chi connectivity index (χ3n) is 15.2. The number of nitrogens with one attached hydrogen (secondary N) is 1. The third-order valence-corrected chi connectivity index (χ3v) is 15.2. The lowest BCUT2D eigenvalue weighted by atomic mass is 9.98. The number of hydrogen-bond donors (Lipinski definition) is 3. The Balaban J connectivity index is 0.744. The predicted molar refractivity (Wildman–Crippen MR) is 260 cm³/mol. The highest BCUT2D eigenvalue weighted by Gasteiger charge is 2.37. The van der Waals surface area contributed by atoms with E-state index in [0.29, 0.717) is 65.9 Å². The van der Waals surface area contributed by atoms with Crippen LogP contribution in [0, 0.1) is 5.82 Å². The topological polar surface area (TPSA) is 143 Å². The molecule has 5 aliphatic heterocycles. The van der Waals surface area contributed by atoms with Crippen molar-refractivity contribution in [1.29, 1.82) is 0 Å². The quantitative estimate of drug-likeness (QED) is 0.124. The lowest BCUT2D eigenvalue weighted by molar-refractivity contribution is 0.0748. The van der Waals surface area contributed by atoms with E-state index in [1.165, 1.54) is 11.6 Å². The third kappa shape index (κ3) is 8.33. The molecule has 4 atom stereocenters. The summed E-state index contributed by atoms with van der Waals surface area (Å²) in [4.78, 5) is 39.6. The summed E-state index contributed by atoms with van der Waals surface area (Å²) in [5.74, 6) is 0.387. The van der Waals surface area contributed by atoms with Gasteiger partial charge in [0.25, 0.3) is 5.91 Å². The zero-order valence-electron chi connectivity index (χ0n) is 39.3. The number of anilines is 1. The van der Waals surface area contributed by atoms with Crippen LogP contribution in [0.25, 0.3) is 32.9 Å². The maximum absolute atomic E-state index is 17.1. The number of aromatic hydroxyl groups is 2. The summed E-state index contributed by atoms with van der Waals surface area (Å²) in [7, 11) is 3.78. The Kier molecular flexibility index (Phi) is 11.8. The largest absolute Gasteiger partial charge is 0.508 e. The van der Waals surface area contributed by atoms with E-state index in [-0.39, 0.29) is 52.2 Å². The number of likely N-dealkylation sites (N-methyl/N-ethyl adjacent to an activating group) is 1. The van der Waals surface area contributed by atoms with Crippen LogP contribution in [0.15, 0.2) is 72.9 Å². The highest BCUT2D eigenvalue weighted by atomic mass is 19.1. The number of carbonyl (C=O) groups is 1. The molecular weight excluding hydrogens is 862 g/mol. The fourth-order valence-corrected chi connectivity index (χ4v) is 11.5. The van der Waals surface area contributed by atoms with E-state index in [1.807, 2.05) is 50.2 Å². The fourth-order valence-electron chi connectivity index (χ4n) is 11.5. The van der Waals surface area contributed by atoms with Gasteiger partial charge in [0.15, 0.2) is 5.82 Å². The maximum Gasteiger partial charge on any atom is 0.319 e. The minimum atomic E-state index is -0.506. The number of benzene rings is 4. The lowest BCUT2D eigenvalue weighted by Gasteiger charge is -2.38. The number of halogens is 1. The predicted octanol–water partition coefficient (Wildman–Crippen LogP) is 6.89. The molecule has 11 rings (SSSR count). The highest BCUT2D eigenvalue weighted by molar-refractivity contribution is 6.02. The first kappa shape index (κ1) is 44.4. The molecule has 4 aromatic carbocycles. The number of methoxy groups -OCH3 is 1. The molecule has 4 fully saturated rings. The summed E-state index contributed by atoms with van der Waals surface area (Å²) in [6.45, 7) is 12.4. The van der Waals surface area contributed by atoms with Crippen molar-refractivity contribution in [1.82, 2.24) is 39.9 Å². The number of phenols is 2. The van der Waals surface area contributed by atoms with Crippen LogP contribution in [0.1, 0.15) is 71.6 Å². The van der Waals surface area contributed by atoms with Crippen molar-refractivity contribution < 1.29 is 28.9 Å². The molecule has 6 aromatic rings. The number of piperazine rings is 2. The van der Waals surface area contributed by atoms with Crippen molar-refractivity contribution in [3.05, 3.63) is 107 Å². The number of pyridine rings is 1. The number of amides is 1. The molecule has 68 heavy (non-hydrogen) atoms. The van der Waals surface area contributed by atoms with Gasteiger partial charge in [-0.3, -0.25) is 24.5 Å². The van der Waals surface area contributed by atoms with Gasteiger partial charge < -0.3 is 34.8 Å². The Hall–Kier alpha value is -6.13. The first-order valence-corrected chi connectivity index (χ1v) is 24.2. The monoisotopic (exact) mass is 921 g/mol. The Morgan fingerprint density at radius 2 is 1.68 bits per heavy atom. The Morgan fingerprint density at radius 1 is 0.912 bits per heavy atom. The highest BCUT2D eigenvalue weighted by Crippen LogP contribution is 2.40. The smallest absolute Gasteiger partial charge is 0.319 e. The minimum Gasteiger partial charge on any atom is -0.508 e. The molecule has 1 amide bonds. The average molecular weight is 922 g/mol. The first-order valence-electron chi connectivity index (χ1n) is 24.2. The zero-order chi connectivity index (χ0) is 46.8. The standard InChI is InChI=1S/C53H60FN9O5/c1-31(2)41-21-42(45(65)22-44(41)64)52(66)63-25-34-12-11-32(19-35(34)26-63)24-60-15-17-61(18-16-60)38-20-39(59(3)29-38)30-68-53-57-50-43(51(58-53)62-27-36-13-14-37(28-62)56-36)23-55-49(48(50)54)40-9-5-7-33-8-6-10-46(67-4)47(33)40/h5-12,19,21-23,31,36-39,56,64-65H,13-18,20,24-30H2,1-4H3/t36?,37?,38-,39-/m0/s1. The summed E-state index contributed by atoms with van der Waals surface area (Å²) in [5, 5.41) is 26.9. The van der Waals surface area contributed by atoms with Gasteiger partial charge in [-0.05, 0) is 72.0 Å². The molecular formula is C53H60FN9O5. The second-order valence-corrected chi connectivity index (χ2v) is 19.9. The molecule has 0 spiro atoms. The van der Waals surface area contributed by atoms with Gasteiger partial charge in [0, 0.05) is 113 Å². The molecule has 354 valence electrons. The van der Waals surface area contributed by atoms with E-state index in [0.717, 1.165) is 93.5 Å². The lowest BCUT2D eigenvalue weighted by Crippen LogP contribution is -2.51. The number of carbonyl (C=O) groups excluding carboxylic acids is 1. The number of phenolic OH excluding ortho intramolecular Hbond substituents is 2. The molecule has 0 aliphatic carbocycles. The van der Waals surface area contributed by atoms with Crippen molar-refractivity contribution in [2.45, 2.75) is 82.8 Å². The second-order valence-electron chi connectivity index (χ2n) is 19.9. The van der Waals surface area contributed by atoms with Crippen LogP contribution in [0.3, 0.4) is 0 Å². The SMILES string of the molecule is COc1cccc2cccc(-c3ncc4c(N5CC6CCC(C5)N6)nc(OC[C@@H]5C[C@H](N6CCN(Cc7ccc8c(c7)CN(C(=O)c7cc(C(C)C)c(O)cc7O)C8)CC6)CN5C)nc4c3F)c12. The van der Waals surface area contributed by atoms with Gasteiger partial charge in [0.05, 0.1) is 18.1 Å². The van der Waals surface area contributed by atoms with Gasteiger partial charge in [0.1, 0.15) is 40.9 Å². The minimum absolute atomic E-state index is 0.00111. The molecule has 3 N–H and O–H groups in total. The Bertz CT molecular complexity index is 2890. The molecule has 4 saturated heterocycles. The summed E-state index contributed by atoms with van der Waals surface area (Å²) >= 11 is 0. The van der Waals surface area contributed by atoms with Gasteiger partial charge in [-0.1, -0.05) is 62.4 Å². The number of nitrogens with zero attached hydrogens (tertiary/aromatic N) is 8. The van der Waals surface area contributed by atoms with E-state index in [9.17, 15) is 15.0 Å². The van der Waals surface area contributed by atoms with E-state index in [1.54, 1.807) is 24.3 Å². The van der Waals surface area contributed by atoms with E-state index in [4.69, 9.17) is 24.4 Å². The molecule has 14 nitrogen and oxygen atoms in total. The normalized spacial score (nSPS) is 22.2. The van der Waals surface area contributed by atoms with Gasteiger partial charge >= 0.3 is 6.01 Å². The van der Waals surface area contributed by atoms with Gasteiger partial charge in [-0.2, -0.15) is 9.97 Å². The molecule has 2 aromatic heterocycles. The summed E-state index contributed by atoms with van der Waals surface area (Å²) in [5.41, 5.74) is 5.40. The van der Waals surface area contributed by atoms with Crippen LogP contribution < -0.4 is 19.7 Å². The summed E-state index contributed by atoms with van der Waals surface area (Å²) < 4.78 is 29.3. The number of aromatic nitrogens is 3. The van der Waals surface area contributed by atoms with Crippen LogP contribution >= 0.6 is 0 Å². The molecule has 2 bridgehead atoms. The van der Waals surface area contributed by atoms with E-state index < -0.39 is 5.82 Å². The van der Waals surface area contributed by atoms with Gasteiger partial charge in [0.2, 0.25) is 0 Å². The average Bonchev–Trinajstić information content (AvgIpc) is 4.05. The maximum atomic E-state index is 17.1. The van der Waals surface area contributed by atoms with E-state index in [2.05, 4.69) is 50.2 Å². The van der Waals surface area contributed by atoms with Crippen LogP contribution in [-0.2, 0) is 19.6 Å². The Labute approximate surface area is 396 Å². The number of ether oxygens (including phenoxy) is 2. The van der Waals surface area contributed by atoms with Crippen LogP contribution in [0.4, 0.5) is 10.2 Å². The van der Waals surface area contributed by atoms with Gasteiger partial charge in [-0.15, -0.1) is 0 Å². The molecule has 15 heteroatoms. The first-order chi connectivity index (χ1) is 33.0. The van der Waals surface area contributed by atoms with Crippen LogP contribution in [0.5, 0.6) is 23.3 Å². The molecule has 0 radical (unpaired) electrons.